The SMILES string of the molecule is CCN(C)C[C@H]1CC[C@@H](Cc2ccc(S(C)(=O)=O)cc2)O1. The Bertz CT molecular complexity index is 553. The largest absolute Gasteiger partial charge is 0.373 e. The second kappa shape index (κ2) is 6.90. The number of nitrogens with zero attached hydrogens (tertiary/aromatic N) is 1. The molecule has 4 nitrogen and oxygen atoms in total. The molecular formula is C16H25NO3S. The fourth-order valence-corrected chi connectivity index (χ4v) is 3.31. The Morgan fingerprint density at radius 3 is 2.38 bits per heavy atom. The van der Waals surface area contributed by atoms with Crippen LogP contribution in [0.5, 0.6) is 0 Å². The van der Waals surface area contributed by atoms with Gasteiger partial charge in [-0.1, -0.05) is 19.1 Å². The molecule has 1 aliphatic rings. The van der Waals surface area contributed by atoms with Crippen molar-refractivity contribution in [2.45, 2.75) is 43.3 Å². The molecule has 0 N–H and O–H groups in total. The van der Waals surface area contributed by atoms with Gasteiger partial charge in [0.1, 0.15) is 0 Å². The zero-order chi connectivity index (χ0) is 15.5. The molecule has 2 rings (SSSR count). The lowest BCUT2D eigenvalue weighted by atomic mass is 10.1. The van der Waals surface area contributed by atoms with Gasteiger partial charge in [-0.2, -0.15) is 0 Å². The molecule has 1 aliphatic heterocycles. The summed E-state index contributed by atoms with van der Waals surface area (Å²) in [6.07, 6.45) is 4.86. The zero-order valence-electron chi connectivity index (χ0n) is 13.1. The first kappa shape index (κ1) is 16.5. The zero-order valence-corrected chi connectivity index (χ0v) is 13.9. The van der Waals surface area contributed by atoms with Crippen LogP contribution in [-0.4, -0.2) is 51.9 Å². The van der Waals surface area contributed by atoms with Crippen molar-refractivity contribution in [3.63, 3.8) is 0 Å². The molecule has 0 aromatic heterocycles. The minimum Gasteiger partial charge on any atom is -0.373 e. The maximum atomic E-state index is 11.4. The third-order valence-electron chi connectivity index (χ3n) is 4.07. The number of rotatable bonds is 6. The van der Waals surface area contributed by atoms with E-state index in [2.05, 4.69) is 18.9 Å². The predicted octanol–water partition coefficient (Wildman–Crippen LogP) is 2.13. The Hall–Kier alpha value is -0.910. The number of likely N-dealkylation sites (N-methyl/N-ethyl adjacent to an activating group) is 1. The van der Waals surface area contributed by atoms with Crippen molar-refractivity contribution in [3.05, 3.63) is 29.8 Å². The summed E-state index contributed by atoms with van der Waals surface area (Å²) in [4.78, 5) is 2.65. The van der Waals surface area contributed by atoms with Gasteiger partial charge in [0.2, 0.25) is 0 Å². The van der Waals surface area contributed by atoms with Gasteiger partial charge in [-0.05, 0) is 50.6 Å². The summed E-state index contributed by atoms with van der Waals surface area (Å²) < 4.78 is 28.9. The molecule has 0 amide bonds. The summed E-state index contributed by atoms with van der Waals surface area (Å²) in [6.45, 7) is 4.17. The molecule has 21 heavy (non-hydrogen) atoms. The summed E-state index contributed by atoms with van der Waals surface area (Å²) in [6, 6.07) is 7.15. The number of ether oxygens (including phenoxy) is 1. The van der Waals surface area contributed by atoms with E-state index < -0.39 is 9.84 Å². The first-order valence-corrected chi connectivity index (χ1v) is 9.40. The maximum absolute atomic E-state index is 11.4. The van der Waals surface area contributed by atoms with Crippen LogP contribution in [0, 0.1) is 0 Å². The summed E-state index contributed by atoms with van der Waals surface area (Å²) in [5, 5.41) is 0. The van der Waals surface area contributed by atoms with Crippen LogP contribution in [0.4, 0.5) is 0 Å². The fourth-order valence-electron chi connectivity index (χ4n) is 2.68. The second-order valence-corrected chi connectivity index (χ2v) is 7.95. The highest BCUT2D eigenvalue weighted by molar-refractivity contribution is 7.90. The molecule has 0 radical (unpaired) electrons. The third-order valence-corrected chi connectivity index (χ3v) is 5.19. The van der Waals surface area contributed by atoms with E-state index in [4.69, 9.17) is 4.74 Å². The van der Waals surface area contributed by atoms with Gasteiger partial charge in [-0.15, -0.1) is 0 Å². The molecule has 0 spiro atoms. The van der Waals surface area contributed by atoms with E-state index in [1.807, 2.05) is 12.1 Å². The van der Waals surface area contributed by atoms with Crippen molar-refractivity contribution in [2.24, 2.45) is 0 Å². The lowest BCUT2D eigenvalue weighted by Crippen LogP contribution is -2.29. The highest BCUT2D eigenvalue weighted by atomic mass is 32.2. The molecule has 1 aromatic carbocycles. The number of hydrogen-bond donors (Lipinski definition) is 0. The van der Waals surface area contributed by atoms with Crippen molar-refractivity contribution in [1.29, 1.82) is 0 Å². The average molecular weight is 311 g/mol. The van der Waals surface area contributed by atoms with E-state index in [-0.39, 0.29) is 6.10 Å². The van der Waals surface area contributed by atoms with E-state index in [9.17, 15) is 8.42 Å². The van der Waals surface area contributed by atoms with Gasteiger partial charge >= 0.3 is 0 Å². The van der Waals surface area contributed by atoms with Crippen molar-refractivity contribution in [3.8, 4) is 0 Å². The molecule has 0 saturated carbocycles. The maximum Gasteiger partial charge on any atom is 0.175 e. The molecule has 5 heteroatoms. The molecule has 2 atom stereocenters. The summed E-state index contributed by atoms with van der Waals surface area (Å²) in [5.74, 6) is 0. The van der Waals surface area contributed by atoms with E-state index in [1.54, 1.807) is 12.1 Å². The van der Waals surface area contributed by atoms with Crippen LogP contribution in [0.2, 0.25) is 0 Å². The van der Waals surface area contributed by atoms with Gasteiger partial charge in [0.05, 0.1) is 17.1 Å². The normalized spacial score (nSPS) is 22.9. The summed E-state index contributed by atoms with van der Waals surface area (Å²) >= 11 is 0. The van der Waals surface area contributed by atoms with Crippen LogP contribution in [0.15, 0.2) is 29.2 Å². The first-order valence-electron chi connectivity index (χ1n) is 7.51. The van der Waals surface area contributed by atoms with Gasteiger partial charge < -0.3 is 9.64 Å². The van der Waals surface area contributed by atoms with Crippen molar-refractivity contribution in [2.75, 3.05) is 26.4 Å². The van der Waals surface area contributed by atoms with E-state index in [1.165, 1.54) is 6.26 Å². The van der Waals surface area contributed by atoms with E-state index >= 15 is 0 Å². The third kappa shape index (κ3) is 4.80. The van der Waals surface area contributed by atoms with Crippen LogP contribution < -0.4 is 0 Å². The molecule has 0 unspecified atom stereocenters. The van der Waals surface area contributed by atoms with Crippen molar-refractivity contribution < 1.29 is 13.2 Å². The molecule has 1 fully saturated rings. The minimum atomic E-state index is -3.11. The van der Waals surface area contributed by atoms with Gasteiger partial charge in [0.15, 0.2) is 9.84 Å². The monoisotopic (exact) mass is 311 g/mol. The van der Waals surface area contributed by atoms with Gasteiger partial charge in [0, 0.05) is 12.8 Å². The van der Waals surface area contributed by atoms with Crippen LogP contribution in [0.3, 0.4) is 0 Å². The van der Waals surface area contributed by atoms with Crippen LogP contribution >= 0.6 is 0 Å². The van der Waals surface area contributed by atoms with Crippen molar-refractivity contribution in [1.82, 2.24) is 4.90 Å². The Kier molecular flexibility index (Phi) is 5.41. The molecule has 1 saturated heterocycles. The number of sulfone groups is 1. The standard InChI is InChI=1S/C16H25NO3S/c1-4-17(2)12-15-8-7-14(20-15)11-13-5-9-16(10-6-13)21(3,18)19/h5-6,9-10,14-15H,4,7-8,11-12H2,1-3H3/t14-,15+/m0/s1. The number of benzene rings is 1. The van der Waals surface area contributed by atoms with E-state index in [0.29, 0.717) is 11.0 Å². The van der Waals surface area contributed by atoms with E-state index in [0.717, 1.165) is 37.9 Å². The minimum absolute atomic E-state index is 0.254. The summed E-state index contributed by atoms with van der Waals surface area (Å²) in [7, 11) is -0.997. The Morgan fingerprint density at radius 2 is 1.81 bits per heavy atom. The summed E-state index contributed by atoms with van der Waals surface area (Å²) in [5.41, 5.74) is 1.14. The number of hydrogen-bond acceptors (Lipinski definition) is 4. The Labute approximate surface area is 128 Å². The van der Waals surface area contributed by atoms with Crippen molar-refractivity contribution >= 4 is 9.84 Å². The molecular weight excluding hydrogens is 286 g/mol. The highest BCUT2D eigenvalue weighted by Gasteiger charge is 2.26. The average Bonchev–Trinajstić information content (AvgIpc) is 2.85. The molecule has 1 heterocycles. The molecule has 118 valence electrons. The lowest BCUT2D eigenvalue weighted by molar-refractivity contribution is 0.0287. The lowest BCUT2D eigenvalue weighted by Gasteiger charge is -2.19. The highest BCUT2D eigenvalue weighted by Crippen LogP contribution is 2.24. The molecule has 1 aromatic rings. The Morgan fingerprint density at radius 1 is 1.19 bits per heavy atom. The molecule has 0 aliphatic carbocycles. The van der Waals surface area contributed by atoms with Gasteiger partial charge in [-0.3, -0.25) is 0 Å². The topological polar surface area (TPSA) is 46.6 Å². The van der Waals surface area contributed by atoms with Crippen LogP contribution in [-0.2, 0) is 21.0 Å². The predicted molar refractivity (Wildman–Crippen MR) is 84.3 cm³/mol. The van der Waals surface area contributed by atoms with Crippen LogP contribution in [0.25, 0.3) is 0 Å². The van der Waals surface area contributed by atoms with Crippen LogP contribution in [0.1, 0.15) is 25.3 Å². The quantitative estimate of drug-likeness (QED) is 0.807. The fraction of sp³-hybridized carbons (Fsp3) is 0.625. The van der Waals surface area contributed by atoms with Gasteiger partial charge in [-0.25, -0.2) is 8.42 Å². The Balaban J connectivity index is 1.89. The first-order chi connectivity index (χ1) is 9.88. The second-order valence-electron chi connectivity index (χ2n) is 5.93. The van der Waals surface area contributed by atoms with Gasteiger partial charge in [0.25, 0.3) is 0 Å². The molecule has 0 bridgehead atoms. The smallest absolute Gasteiger partial charge is 0.175 e.